The van der Waals surface area contributed by atoms with Crippen molar-refractivity contribution in [1.82, 2.24) is 4.57 Å². The third-order valence-corrected chi connectivity index (χ3v) is 9.81. The summed E-state index contributed by atoms with van der Waals surface area (Å²) in [5, 5.41) is 2.49. The van der Waals surface area contributed by atoms with Crippen LogP contribution in [0.15, 0.2) is 194 Å². The maximum atomic E-state index is 2.40. The molecule has 8 aromatic rings. The van der Waals surface area contributed by atoms with E-state index in [4.69, 9.17) is 0 Å². The molecule has 1 aliphatic carbocycles. The molecular weight excluding hydrogens is 605 g/mol. The Morgan fingerprint density at radius 2 is 1.00 bits per heavy atom. The van der Waals surface area contributed by atoms with Crippen LogP contribution in [0.2, 0.25) is 0 Å². The van der Waals surface area contributed by atoms with E-state index >= 15 is 0 Å². The molecule has 50 heavy (non-hydrogen) atoms. The fraction of sp³-hybridized carbons (Fsp3) is 0.0417. The first kappa shape index (κ1) is 29.7. The number of hydrogen-bond donors (Lipinski definition) is 0. The number of aromatic nitrogens is 1. The zero-order chi connectivity index (χ0) is 33.3. The predicted molar refractivity (Wildman–Crippen MR) is 213 cm³/mol. The minimum absolute atomic E-state index is 1.10. The Bertz CT molecular complexity index is 2500. The van der Waals surface area contributed by atoms with E-state index in [1.54, 1.807) is 0 Å². The highest BCUT2D eigenvalue weighted by molar-refractivity contribution is 6.10. The van der Waals surface area contributed by atoms with Crippen molar-refractivity contribution < 1.29 is 0 Å². The predicted octanol–water partition coefficient (Wildman–Crippen LogP) is 13.3. The molecule has 0 atom stereocenters. The van der Waals surface area contributed by atoms with Crippen molar-refractivity contribution in [3.8, 4) is 27.9 Å². The molecule has 0 radical (unpaired) electrons. The van der Waals surface area contributed by atoms with Gasteiger partial charge in [-0.1, -0.05) is 133 Å². The number of benzene rings is 7. The molecule has 0 saturated heterocycles. The number of nitrogens with zero attached hydrogens (tertiary/aromatic N) is 2. The van der Waals surface area contributed by atoms with Crippen LogP contribution in [0.1, 0.15) is 18.4 Å². The number of para-hydroxylation sites is 2. The number of allylic oxidation sites excluding steroid dienone is 4. The van der Waals surface area contributed by atoms with Gasteiger partial charge in [0, 0.05) is 33.5 Å². The molecule has 1 heterocycles. The summed E-state index contributed by atoms with van der Waals surface area (Å²) in [4.78, 5) is 2.36. The number of anilines is 3. The second-order valence-corrected chi connectivity index (χ2v) is 12.9. The van der Waals surface area contributed by atoms with Crippen LogP contribution in [-0.2, 0) is 0 Å². The van der Waals surface area contributed by atoms with Crippen LogP contribution in [0.25, 0.3) is 55.3 Å². The SMILES string of the molecule is C1=CC(c2cccc(-c3ccc(N(c4ccccc4)c4ccc5c6ccccc6n(-c6ccc(-c7ccccc7)cc6)c5c4)cc3)c2)=CCC1. The maximum absolute atomic E-state index is 2.40. The fourth-order valence-electron chi connectivity index (χ4n) is 7.34. The second kappa shape index (κ2) is 12.9. The van der Waals surface area contributed by atoms with E-state index in [1.807, 2.05) is 0 Å². The lowest BCUT2D eigenvalue weighted by Crippen LogP contribution is -2.10. The van der Waals surface area contributed by atoms with E-state index in [9.17, 15) is 0 Å². The van der Waals surface area contributed by atoms with Gasteiger partial charge in [-0.3, -0.25) is 0 Å². The molecule has 2 nitrogen and oxygen atoms in total. The number of hydrogen-bond acceptors (Lipinski definition) is 1. The Labute approximate surface area is 293 Å². The topological polar surface area (TPSA) is 8.17 Å². The van der Waals surface area contributed by atoms with E-state index in [1.165, 1.54) is 55.2 Å². The van der Waals surface area contributed by atoms with Gasteiger partial charge < -0.3 is 9.47 Å². The van der Waals surface area contributed by atoms with Crippen molar-refractivity contribution in [3.05, 3.63) is 200 Å². The second-order valence-electron chi connectivity index (χ2n) is 12.9. The Balaban J connectivity index is 1.14. The smallest absolute Gasteiger partial charge is 0.0561 e. The summed E-state index contributed by atoms with van der Waals surface area (Å²) in [5.41, 5.74) is 14.3. The van der Waals surface area contributed by atoms with E-state index < -0.39 is 0 Å². The molecular formula is C48H36N2. The first-order chi connectivity index (χ1) is 24.8. The highest BCUT2D eigenvalue weighted by atomic mass is 15.1. The molecule has 1 aromatic heterocycles. The summed E-state index contributed by atoms with van der Waals surface area (Å²) in [7, 11) is 0. The molecule has 1 aliphatic rings. The van der Waals surface area contributed by atoms with E-state index in [0.29, 0.717) is 0 Å². The fourth-order valence-corrected chi connectivity index (χ4v) is 7.34. The zero-order valence-electron chi connectivity index (χ0n) is 27.8. The highest BCUT2D eigenvalue weighted by Crippen LogP contribution is 2.40. The van der Waals surface area contributed by atoms with Gasteiger partial charge in [-0.2, -0.15) is 0 Å². The summed E-state index contributed by atoms with van der Waals surface area (Å²) in [6.45, 7) is 0. The Hall–Kier alpha value is -6.38. The quantitative estimate of drug-likeness (QED) is 0.168. The maximum Gasteiger partial charge on any atom is 0.0561 e. The van der Waals surface area contributed by atoms with Gasteiger partial charge in [-0.05, 0) is 107 Å². The van der Waals surface area contributed by atoms with Crippen LogP contribution in [0.5, 0.6) is 0 Å². The molecule has 238 valence electrons. The molecule has 0 fully saturated rings. The minimum Gasteiger partial charge on any atom is -0.310 e. The van der Waals surface area contributed by atoms with Gasteiger partial charge >= 0.3 is 0 Å². The van der Waals surface area contributed by atoms with Crippen molar-refractivity contribution in [1.29, 1.82) is 0 Å². The molecule has 7 aromatic carbocycles. The van der Waals surface area contributed by atoms with Crippen LogP contribution in [-0.4, -0.2) is 4.57 Å². The molecule has 9 rings (SSSR count). The summed E-state index contributed by atoms with van der Waals surface area (Å²) in [6.07, 6.45) is 9.09. The highest BCUT2D eigenvalue weighted by Gasteiger charge is 2.18. The summed E-state index contributed by atoms with van der Waals surface area (Å²) in [5.74, 6) is 0. The van der Waals surface area contributed by atoms with E-state index in [0.717, 1.165) is 35.6 Å². The summed E-state index contributed by atoms with van der Waals surface area (Å²) < 4.78 is 2.40. The molecule has 0 unspecified atom stereocenters. The lowest BCUT2D eigenvalue weighted by Gasteiger charge is -2.26. The molecule has 0 spiro atoms. The third-order valence-electron chi connectivity index (χ3n) is 9.81. The minimum atomic E-state index is 1.10. The van der Waals surface area contributed by atoms with Crippen molar-refractivity contribution >= 4 is 44.4 Å². The average Bonchev–Trinajstić information content (AvgIpc) is 3.53. The first-order valence-electron chi connectivity index (χ1n) is 17.4. The Kier molecular flexibility index (Phi) is 7.68. The molecule has 0 N–H and O–H groups in total. The van der Waals surface area contributed by atoms with Crippen molar-refractivity contribution in [2.45, 2.75) is 12.8 Å². The summed E-state index contributed by atoms with van der Waals surface area (Å²) in [6, 6.07) is 63.7. The van der Waals surface area contributed by atoms with Gasteiger partial charge in [-0.25, -0.2) is 0 Å². The van der Waals surface area contributed by atoms with Crippen LogP contribution in [0, 0.1) is 0 Å². The van der Waals surface area contributed by atoms with E-state index in [-0.39, 0.29) is 0 Å². The standard InChI is InChI=1S/C48H36N2/c1-4-13-35(14-5-1)37-23-29-43(30-24-37)50-47-22-11-10-21-45(47)46-32-31-44(34-48(46)50)49(41-19-8-3-9-20-41)42-27-25-38(26-28-42)40-18-12-17-39(33-40)36-15-6-2-7-16-36/h1,3-6,8-34H,2,7H2. The third kappa shape index (κ3) is 5.51. The first-order valence-corrected chi connectivity index (χ1v) is 17.4. The van der Waals surface area contributed by atoms with Crippen LogP contribution in [0.4, 0.5) is 17.1 Å². The van der Waals surface area contributed by atoms with Gasteiger partial charge in [0.2, 0.25) is 0 Å². The lowest BCUT2D eigenvalue weighted by atomic mass is 9.96. The largest absolute Gasteiger partial charge is 0.310 e. The van der Waals surface area contributed by atoms with Crippen LogP contribution < -0.4 is 4.90 Å². The lowest BCUT2D eigenvalue weighted by molar-refractivity contribution is 1.04. The van der Waals surface area contributed by atoms with Gasteiger partial charge in [0.25, 0.3) is 0 Å². The van der Waals surface area contributed by atoms with Crippen LogP contribution >= 0.6 is 0 Å². The molecule has 0 bridgehead atoms. The van der Waals surface area contributed by atoms with Gasteiger partial charge in [-0.15, -0.1) is 0 Å². The number of fused-ring (bicyclic) bond motifs is 3. The summed E-state index contributed by atoms with van der Waals surface area (Å²) >= 11 is 0. The van der Waals surface area contributed by atoms with Crippen molar-refractivity contribution in [3.63, 3.8) is 0 Å². The van der Waals surface area contributed by atoms with Gasteiger partial charge in [0.15, 0.2) is 0 Å². The van der Waals surface area contributed by atoms with Gasteiger partial charge in [0.1, 0.15) is 0 Å². The van der Waals surface area contributed by atoms with E-state index in [2.05, 4.69) is 204 Å². The van der Waals surface area contributed by atoms with Crippen molar-refractivity contribution in [2.75, 3.05) is 4.90 Å². The monoisotopic (exact) mass is 640 g/mol. The Morgan fingerprint density at radius 1 is 0.400 bits per heavy atom. The number of rotatable bonds is 7. The zero-order valence-corrected chi connectivity index (χ0v) is 27.8. The Morgan fingerprint density at radius 3 is 1.78 bits per heavy atom. The average molecular weight is 641 g/mol. The molecule has 0 amide bonds. The normalized spacial score (nSPS) is 12.7. The molecule has 0 aliphatic heterocycles. The molecule has 2 heteroatoms. The van der Waals surface area contributed by atoms with Crippen molar-refractivity contribution in [2.24, 2.45) is 0 Å². The molecule has 0 saturated carbocycles. The van der Waals surface area contributed by atoms with Gasteiger partial charge in [0.05, 0.1) is 11.0 Å². The van der Waals surface area contributed by atoms with Crippen LogP contribution in [0.3, 0.4) is 0 Å².